The van der Waals surface area contributed by atoms with E-state index in [0.717, 1.165) is 11.2 Å². The van der Waals surface area contributed by atoms with Crippen LogP contribution in [0.1, 0.15) is 0 Å². The van der Waals surface area contributed by atoms with Crippen molar-refractivity contribution in [2.75, 3.05) is 5.32 Å². The topological polar surface area (TPSA) is 66.5 Å². The minimum atomic E-state index is -0.273. The first-order valence-electron chi connectivity index (χ1n) is 4.99. The van der Waals surface area contributed by atoms with E-state index >= 15 is 0 Å². The fourth-order valence-electron chi connectivity index (χ4n) is 1.53. The lowest BCUT2D eigenvalue weighted by Crippen LogP contribution is -1.95. The highest BCUT2D eigenvalue weighted by Gasteiger charge is 2.05. The zero-order valence-corrected chi connectivity index (χ0v) is 8.68. The summed E-state index contributed by atoms with van der Waals surface area (Å²) < 4.78 is 12.8. The van der Waals surface area contributed by atoms with Crippen molar-refractivity contribution in [1.82, 2.24) is 19.9 Å². The van der Waals surface area contributed by atoms with Crippen molar-refractivity contribution in [3.05, 3.63) is 42.7 Å². The maximum absolute atomic E-state index is 12.8. The van der Waals surface area contributed by atoms with Gasteiger partial charge in [0, 0.05) is 5.69 Å². The molecule has 5 nitrogen and oxygen atoms in total. The predicted octanol–water partition coefficient (Wildman–Crippen LogP) is 2.24. The zero-order chi connectivity index (χ0) is 11.7. The molecule has 0 atom stereocenters. The molecule has 0 spiro atoms. The Hall–Kier alpha value is -2.50. The number of nitrogens with zero attached hydrogens (tertiary/aromatic N) is 3. The molecule has 0 aliphatic rings. The summed E-state index contributed by atoms with van der Waals surface area (Å²) in [5, 5.41) is 3.07. The number of hydrogen-bond donors (Lipinski definition) is 2. The Morgan fingerprint density at radius 3 is 2.71 bits per heavy atom. The molecule has 0 saturated heterocycles. The minimum Gasteiger partial charge on any atom is -0.340 e. The summed E-state index contributed by atoms with van der Waals surface area (Å²) in [5.41, 5.74) is 2.06. The van der Waals surface area contributed by atoms with Gasteiger partial charge in [-0.1, -0.05) is 0 Å². The van der Waals surface area contributed by atoms with E-state index in [4.69, 9.17) is 0 Å². The van der Waals surface area contributed by atoms with Crippen LogP contribution in [0.2, 0.25) is 0 Å². The van der Waals surface area contributed by atoms with Crippen LogP contribution >= 0.6 is 0 Å². The second-order valence-corrected chi connectivity index (χ2v) is 3.46. The van der Waals surface area contributed by atoms with E-state index in [1.807, 2.05) is 0 Å². The van der Waals surface area contributed by atoms with Crippen LogP contribution in [-0.2, 0) is 0 Å². The van der Waals surface area contributed by atoms with Crippen molar-refractivity contribution >= 4 is 22.7 Å². The molecule has 0 amide bonds. The Kier molecular flexibility index (Phi) is 2.18. The van der Waals surface area contributed by atoms with Crippen LogP contribution in [-0.4, -0.2) is 19.9 Å². The van der Waals surface area contributed by atoms with Gasteiger partial charge in [0.25, 0.3) is 0 Å². The molecule has 6 heteroatoms. The molecule has 0 bridgehead atoms. The summed E-state index contributed by atoms with van der Waals surface area (Å²) in [6.45, 7) is 0. The number of fused-ring (bicyclic) bond motifs is 1. The van der Waals surface area contributed by atoms with Gasteiger partial charge < -0.3 is 10.3 Å². The smallest absolute Gasteiger partial charge is 0.182 e. The van der Waals surface area contributed by atoms with E-state index in [-0.39, 0.29) is 5.82 Å². The molecule has 2 heterocycles. The molecule has 0 fully saturated rings. The van der Waals surface area contributed by atoms with Crippen LogP contribution in [0.4, 0.5) is 15.9 Å². The van der Waals surface area contributed by atoms with Gasteiger partial charge in [-0.05, 0) is 24.3 Å². The first-order valence-corrected chi connectivity index (χ1v) is 4.99. The molecule has 0 unspecified atom stereocenters. The van der Waals surface area contributed by atoms with Crippen molar-refractivity contribution in [1.29, 1.82) is 0 Å². The lowest BCUT2D eigenvalue weighted by Gasteiger charge is -2.05. The first kappa shape index (κ1) is 9.71. The monoisotopic (exact) mass is 229 g/mol. The number of H-pyrrole nitrogens is 1. The van der Waals surface area contributed by atoms with Gasteiger partial charge >= 0.3 is 0 Å². The number of halogens is 1. The van der Waals surface area contributed by atoms with Crippen LogP contribution in [0.5, 0.6) is 0 Å². The van der Waals surface area contributed by atoms with Gasteiger partial charge in [0.1, 0.15) is 17.7 Å². The maximum Gasteiger partial charge on any atom is 0.182 e. The second-order valence-electron chi connectivity index (χ2n) is 3.46. The molecule has 0 aliphatic heterocycles. The normalized spacial score (nSPS) is 10.6. The number of aromatic nitrogens is 4. The van der Waals surface area contributed by atoms with Crippen molar-refractivity contribution in [3.63, 3.8) is 0 Å². The summed E-state index contributed by atoms with van der Waals surface area (Å²) in [6.07, 6.45) is 2.98. The summed E-state index contributed by atoms with van der Waals surface area (Å²) >= 11 is 0. The molecular weight excluding hydrogens is 221 g/mol. The Balaban J connectivity index is 1.99. The van der Waals surface area contributed by atoms with E-state index in [1.54, 1.807) is 18.5 Å². The molecule has 0 saturated carbocycles. The number of imidazole rings is 1. The molecule has 1 aromatic carbocycles. The molecule has 0 radical (unpaired) electrons. The quantitative estimate of drug-likeness (QED) is 0.707. The van der Waals surface area contributed by atoms with Gasteiger partial charge in [-0.2, -0.15) is 0 Å². The number of aromatic amines is 1. The summed E-state index contributed by atoms with van der Waals surface area (Å²) in [5.74, 6) is 0.337. The molecule has 2 N–H and O–H groups in total. The molecule has 2 aromatic heterocycles. The van der Waals surface area contributed by atoms with Gasteiger partial charge in [0.15, 0.2) is 11.5 Å². The fourth-order valence-corrected chi connectivity index (χ4v) is 1.53. The second kappa shape index (κ2) is 3.82. The largest absolute Gasteiger partial charge is 0.340 e. The lowest BCUT2D eigenvalue weighted by atomic mass is 10.3. The minimum absolute atomic E-state index is 0.273. The highest BCUT2D eigenvalue weighted by molar-refractivity contribution is 5.84. The van der Waals surface area contributed by atoms with E-state index in [2.05, 4.69) is 25.3 Å². The Morgan fingerprint density at radius 1 is 1.06 bits per heavy atom. The van der Waals surface area contributed by atoms with Gasteiger partial charge in [0.2, 0.25) is 0 Å². The van der Waals surface area contributed by atoms with E-state index in [9.17, 15) is 4.39 Å². The van der Waals surface area contributed by atoms with Crippen molar-refractivity contribution in [2.24, 2.45) is 0 Å². The van der Waals surface area contributed by atoms with Crippen LogP contribution in [0, 0.1) is 5.82 Å². The standard InChI is InChI=1S/C11H8FN5/c12-7-1-3-8(4-2-7)17-11-9-10(14-5-13-9)15-6-16-11/h1-6H,(H2,13,14,15,16,17). The third-order valence-electron chi connectivity index (χ3n) is 2.33. The van der Waals surface area contributed by atoms with Crippen LogP contribution < -0.4 is 5.32 Å². The average Bonchev–Trinajstić information content (AvgIpc) is 2.81. The average molecular weight is 229 g/mol. The SMILES string of the molecule is Fc1ccc(Nc2ncnc3nc[nH]c23)cc1. The van der Waals surface area contributed by atoms with E-state index in [1.165, 1.54) is 18.5 Å². The Morgan fingerprint density at radius 2 is 1.88 bits per heavy atom. The maximum atomic E-state index is 12.8. The van der Waals surface area contributed by atoms with Crippen molar-refractivity contribution < 1.29 is 4.39 Å². The van der Waals surface area contributed by atoms with Crippen LogP contribution in [0.3, 0.4) is 0 Å². The lowest BCUT2D eigenvalue weighted by molar-refractivity contribution is 0.628. The van der Waals surface area contributed by atoms with Gasteiger partial charge in [-0.25, -0.2) is 19.3 Å². The van der Waals surface area contributed by atoms with Gasteiger partial charge in [0.05, 0.1) is 6.33 Å². The van der Waals surface area contributed by atoms with Gasteiger partial charge in [-0.15, -0.1) is 0 Å². The molecule has 3 aromatic rings. The highest BCUT2D eigenvalue weighted by atomic mass is 19.1. The molecule has 84 valence electrons. The van der Waals surface area contributed by atoms with Crippen molar-refractivity contribution in [3.8, 4) is 0 Å². The van der Waals surface area contributed by atoms with E-state index < -0.39 is 0 Å². The Labute approximate surface area is 95.8 Å². The summed E-state index contributed by atoms with van der Waals surface area (Å²) in [6, 6.07) is 6.04. The van der Waals surface area contributed by atoms with Crippen LogP contribution in [0.15, 0.2) is 36.9 Å². The molecule has 3 rings (SSSR count). The first-order chi connectivity index (χ1) is 8.33. The highest BCUT2D eigenvalue weighted by Crippen LogP contribution is 2.19. The van der Waals surface area contributed by atoms with Gasteiger partial charge in [-0.3, -0.25) is 0 Å². The Bertz CT molecular complexity index is 646. The number of nitrogens with one attached hydrogen (secondary N) is 2. The molecule has 0 aliphatic carbocycles. The van der Waals surface area contributed by atoms with E-state index in [0.29, 0.717) is 11.5 Å². The molecular formula is C11H8FN5. The van der Waals surface area contributed by atoms with Crippen LogP contribution in [0.25, 0.3) is 11.2 Å². The number of rotatable bonds is 2. The number of benzene rings is 1. The third kappa shape index (κ3) is 1.80. The number of hydrogen-bond acceptors (Lipinski definition) is 4. The van der Waals surface area contributed by atoms with Crippen molar-refractivity contribution in [2.45, 2.75) is 0 Å². The number of anilines is 2. The summed E-state index contributed by atoms with van der Waals surface area (Å²) in [7, 11) is 0. The predicted molar refractivity (Wildman–Crippen MR) is 61.4 cm³/mol. The summed E-state index contributed by atoms with van der Waals surface area (Å²) in [4.78, 5) is 15.1. The molecule has 17 heavy (non-hydrogen) atoms. The fraction of sp³-hybridized carbons (Fsp3) is 0. The third-order valence-corrected chi connectivity index (χ3v) is 2.33. The zero-order valence-electron chi connectivity index (χ0n) is 8.68.